The molecule has 0 aliphatic heterocycles. The van der Waals surface area contributed by atoms with Crippen molar-refractivity contribution in [1.82, 2.24) is 4.57 Å². The molecule has 0 aliphatic rings. The maximum absolute atomic E-state index is 6.76. The summed E-state index contributed by atoms with van der Waals surface area (Å²) in [6.45, 7) is 0. The predicted molar refractivity (Wildman–Crippen MR) is 229 cm³/mol. The van der Waals surface area contributed by atoms with E-state index in [4.69, 9.17) is 4.42 Å². The van der Waals surface area contributed by atoms with Crippen LogP contribution in [0.4, 0.5) is 0 Å². The highest BCUT2D eigenvalue weighted by Crippen LogP contribution is 2.49. The summed E-state index contributed by atoms with van der Waals surface area (Å²) in [5.74, 6) is 0. The molecule has 250 valence electrons. The fourth-order valence-electron chi connectivity index (χ4n) is 9.32. The molecule has 0 radical (unpaired) electrons. The Morgan fingerprint density at radius 3 is 1.63 bits per heavy atom. The lowest BCUT2D eigenvalue weighted by Crippen LogP contribution is -1.93. The third-order valence-electron chi connectivity index (χ3n) is 11.5. The second kappa shape index (κ2) is 11.2. The average molecular weight is 686 g/mol. The smallest absolute Gasteiger partial charge is 0.136 e. The largest absolute Gasteiger partial charge is 0.456 e. The summed E-state index contributed by atoms with van der Waals surface area (Å²) in [5.41, 5.74) is 10.3. The van der Waals surface area contributed by atoms with Gasteiger partial charge in [-0.25, -0.2) is 0 Å². The normalized spacial score (nSPS) is 12.1. The molecule has 12 rings (SSSR count). The molecule has 2 nitrogen and oxygen atoms in total. The van der Waals surface area contributed by atoms with Gasteiger partial charge in [0.25, 0.3) is 0 Å². The molecule has 2 aromatic heterocycles. The second-order valence-electron chi connectivity index (χ2n) is 14.4. The molecule has 0 bridgehead atoms. The molecule has 0 fully saturated rings. The zero-order valence-corrected chi connectivity index (χ0v) is 29.3. The summed E-state index contributed by atoms with van der Waals surface area (Å²) in [6.07, 6.45) is 0. The zero-order valence-electron chi connectivity index (χ0n) is 29.3. The Morgan fingerprint density at radius 1 is 0.333 bits per heavy atom. The van der Waals surface area contributed by atoms with E-state index >= 15 is 0 Å². The molecule has 0 saturated carbocycles. The fraction of sp³-hybridized carbons (Fsp3) is 0. The van der Waals surface area contributed by atoms with Crippen LogP contribution in [0, 0.1) is 0 Å². The number of para-hydroxylation sites is 2. The van der Waals surface area contributed by atoms with Crippen LogP contribution in [0.1, 0.15) is 0 Å². The van der Waals surface area contributed by atoms with Crippen LogP contribution in [0.15, 0.2) is 192 Å². The van der Waals surface area contributed by atoms with E-state index in [-0.39, 0.29) is 0 Å². The highest BCUT2D eigenvalue weighted by molar-refractivity contribution is 6.31. The topological polar surface area (TPSA) is 18.1 Å². The molecule has 12 aromatic rings. The number of benzene rings is 10. The van der Waals surface area contributed by atoms with E-state index in [0.717, 1.165) is 11.2 Å². The number of fused-ring (bicyclic) bond motifs is 12. The third kappa shape index (κ3) is 4.05. The van der Waals surface area contributed by atoms with Gasteiger partial charge >= 0.3 is 0 Å². The Kier molecular flexibility index (Phi) is 6.09. The van der Waals surface area contributed by atoms with Crippen molar-refractivity contribution < 1.29 is 4.42 Å². The molecular weight excluding hydrogens is 655 g/mol. The lowest BCUT2D eigenvalue weighted by molar-refractivity contribution is 0.669. The van der Waals surface area contributed by atoms with E-state index in [1.54, 1.807) is 0 Å². The Balaban J connectivity index is 1.17. The lowest BCUT2D eigenvalue weighted by atomic mass is 9.84. The lowest BCUT2D eigenvalue weighted by Gasteiger charge is -2.19. The van der Waals surface area contributed by atoms with Crippen LogP contribution < -0.4 is 0 Å². The predicted octanol–water partition coefficient (Wildman–Crippen LogP) is 14.6. The van der Waals surface area contributed by atoms with Gasteiger partial charge in [0.05, 0.1) is 11.0 Å². The van der Waals surface area contributed by atoms with Crippen LogP contribution in [0.3, 0.4) is 0 Å². The van der Waals surface area contributed by atoms with E-state index in [1.807, 2.05) is 0 Å². The van der Waals surface area contributed by atoms with Crippen LogP contribution >= 0.6 is 0 Å². The van der Waals surface area contributed by atoms with Crippen LogP contribution in [0.2, 0.25) is 0 Å². The van der Waals surface area contributed by atoms with Crippen molar-refractivity contribution in [3.8, 4) is 27.9 Å². The Morgan fingerprint density at radius 2 is 0.889 bits per heavy atom. The van der Waals surface area contributed by atoms with Gasteiger partial charge in [-0.1, -0.05) is 146 Å². The molecule has 0 amide bonds. The molecule has 0 unspecified atom stereocenters. The number of hydrogen-bond donors (Lipinski definition) is 0. The van der Waals surface area contributed by atoms with Gasteiger partial charge in [-0.2, -0.15) is 0 Å². The molecule has 54 heavy (non-hydrogen) atoms. The zero-order chi connectivity index (χ0) is 35.3. The van der Waals surface area contributed by atoms with Gasteiger partial charge in [0.15, 0.2) is 0 Å². The van der Waals surface area contributed by atoms with E-state index in [2.05, 4.69) is 193 Å². The number of furan rings is 1. The van der Waals surface area contributed by atoms with E-state index in [9.17, 15) is 0 Å². The van der Waals surface area contributed by atoms with Crippen molar-refractivity contribution in [3.63, 3.8) is 0 Å². The van der Waals surface area contributed by atoms with E-state index in [0.29, 0.717) is 0 Å². The number of hydrogen-bond acceptors (Lipinski definition) is 1. The molecule has 2 heteroatoms. The summed E-state index contributed by atoms with van der Waals surface area (Å²) in [4.78, 5) is 0. The standard InChI is InChI=1S/C52H31NO/c1-2-15-34(16-3-1)53-45-25-13-12-19-37(45)43-30-33(26-28-46(43)53)49-39-21-8-10-23-41(39)50(42-24-11-9-22-40(42)49)44-31-48-52(38-20-7-6-18-36(38)44)51-35-17-5-4-14-32(35)27-29-47(51)54-48/h1-31H. The molecule has 10 aromatic carbocycles. The first kappa shape index (κ1) is 29.4. The van der Waals surface area contributed by atoms with Gasteiger partial charge < -0.3 is 8.98 Å². The first-order valence-electron chi connectivity index (χ1n) is 18.6. The highest BCUT2D eigenvalue weighted by atomic mass is 16.3. The number of nitrogens with zero attached hydrogens (tertiary/aromatic N) is 1. The van der Waals surface area contributed by atoms with Gasteiger partial charge in [-0.15, -0.1) is 0 Å². The van der Waals surface area contributed by atoms with Gasteiger partial charge in [-0.3, -0.25) is 0 Å². The first-order chi connectivity index (χ1) is 26.8. The van der Waals surface area contributed by atoms with Gasteiger partial charge in [0.2, 0.25) is 0 Å². The summed E-state index contributed by atoms with van der Waals surface area (Å²) < 4.78 is 9.14. The minimum Gasteiger partial charge on any atom is -0.456 e. The van der Waals surface area contributed by atoms with Crippen molar-refractivity contribution in [2.24, 2.45) is 0 Å². The van der Waals surface area contributed by atoms with Gasteiger partial charge in [-0.05, 0) is 108 Å². The molecule has 0 atom stereocenters. The number of aromatic nitrogens is 1. The summed E-state index contributed by atoms with van der Waals surface area (Å²) in [5, 5.41) is 14.6. The summed E-state index contributed by atoms with van der Waals surface area (Å²) in [7, 11) is 0. The van der Waals surface area contributed by atoms with Crippen molar-refractivity contribution in [2.75, 3.05) is 0 Å². The SMILES string of the molecule is c1ccc(-n2c3ccccc3c3cc(-c4c5ccccc5c(-c5cc6oc7ccc8ccccc8c7c6c6ccccc56)c5ccccc45)ccc32)cc1. The van der Waals surface area contributed by atoms with Gasteiger partial charge in [0.1, 0.15) is 11.2 Å². The molecule has 0 aliphatic carbocycles. The van der Waals surface area contributed by atoms with Crippen molar-refractivity contribution in [3.05, 3.63) is 188 Å². The minimum absolute atomic E-state index is 0.910. The van der Waals surface area contributed by atoms with Crippen LogP contribution in [-0.2, 0) is 0 Å². The van der Waals surface area contributed by atoms with Crippen molar-refractivity contribution in [2.45, 2.75) is 0 Å². The molecule has 2 heterocycles. The molecular formula is C52H31NO. The van der Waals surface area contributed by atoms with Crippen molar-refractivity contribution in [1.29, 1.82) is 0 Å². The number of rotatable bonds is 3. The maximum atomic E-state index is 6.76. The fourth-order valence-corrected chi connectivity index (χ4v) is 9.32. The summed E-state index contributed by atoms with van der Waals surface area (Å²) >= 11 is 0. The Hall–Kier alpha value is -7.16. The highest BCUT2D eigenvalue weighted by Gasteiger charge is 2.22. The van der Waals surface area contributed by atoms with E-state index < -0.39 is 0 Å². The van der Waals surface area contributed by atoms with Crippen LogP contribution in [-0.4, -0.2) is 4.57 Å². The summed E-state index contributed by atoms with van der Waals surface area (Å²) in [6, 6.07) is 68.4. The van der Waals surface area contributed by atoms with Gasteiger partial charge in [0, 0.05) is 27.2 Å². The maximum Gasteiger partial charge on any atom is 0.136 e. The Bertz CT molecular complexity index is 3440. The molecule has 0 N–H and O–H groups in total. The minimum atomic E-state index is 0.910. The third-order valence-corrected chi connectivity index (χ3v) is 11.5. The van der Waals surface area contributed by atoms with Crippen molar-refractivity contribution >= 4 is 86.8 Å². The monoisotopic (exact) mass is 685 g/mol. The second-order valence-corrected chi connectivity index (χ2v) is 14.4. The molecule has 0 saturated heterocycles. The first-order valence-corrected chi connectivity index (χ1v) is 18.6. The quantitative estimate of drug-likeness (QED) is 0.169. The average Bonchev–Trinajstić information content (AvgIpc) is 3.79. The van der Waals surface area contributed by atoms with E-state index in [1.165, 1.54) is 104 Å². The van der Waals surface area contributed by atoms with Crippen LogP contribution in [0.5, 0.6) is 0 Å². The van der Waals surface area contributed by atoms with Crippen LogP contribution in [0.25, 0.3) is 115 Å². The Labute approximate surface area is 310 Å². The molecule has 0 spiro atoms.